The molecule has 1 aromatic carbocycles. The fourth-order valence-electron chi connectivity index (χ4n) is 5.30. The largest absolute Gasteiger partial charge is 0.391 e. The van der Waals surface area contributed by atoms with Gasteiger partial charge < -0.3 is 30.0 Å². The van der Waals surface area contributed by atoms with Crippen LogP contribution in [-0.2, 0) is 35.0 Å². The minimum atomic E-state index is -0.769. The number of aromatic nitrogens is 1. The molecule has 10 nitrogen and oxygen atoms in total. The lowest BCUT2D eigenvalue weighted by molar-refractivity contribution is -0.146. The van der Waals surface area contributed by atoms with Crippen molar-refractivity contribution in [1.29, 1.82) is 0 Å². The van der Waals surface area contributed by atoms with Crippen molar-refractivity contribution in [3.8, 4) is 10.4 Å². The molecule has 244 valence electrons. The number of nitrogens with zero attached hydrogens (tertiary/aromatic N) is 2. The Bertz CT molecular complexity index is 1190. The zero-order valence-electron chi connectivity index (χ0n) is 26.6. The van der Waals surface area contributed by atoms with Gasteiger partial charge in [-0.1, -0.05) is 45.0 Å². The van der Waals surface area contributed by atoms with E-state index in [-0.39, 0.29) is 56.3 Å². The molecule has 2 heterocycles. The SMILES string of the molecule is Cc1ncsc1-c1ccc(CCC(=O)[C@@H]2C[C@@H](O)CN2C(=O)[C@@H](CC(=O)CCOCCOCCOCCN)C(C)(C)C)cc1. The monoisotopic (exact) mass is 631 g/mol. The van der Waals surface area contributed by atoms with Gasteiger partial charge in [-0.05, 0) is 29.9 Å². The highest BCUT2D eigenvalue weighted by atomic mass is 32.1. The van der Waals surface area contributed by atoms with Crippen LogP contribution in [0.15, 0.2) is 29.8 Å². The minimum absolute atomic E-state index is 0.0553. The molecular formula is C33H49N3O7S. The predicted molar refractivity (Wildman–Crippen MR) is 170 cm³/mol. The standard InChI is InChI=1S/C33H49N3O7S/c1-23-31(44-22-35-23)25-8-5-24(6-9-25)7-10-30(39)29-20-27(38)21-36(29)32(40)28(33(2,3)4)19-26(37)11-13-41-15-17-43-18-16-42-14-12-34/h5-6,8-9,22,27-29,38H,7,10-21,34H2,1-4H3/t27-,28-,29+/m1/s1. The van der Waals surface area contributed by atoms with E-state index in [1.54, 1.807) is 11.3 Å². The molecule has 0 saturated carbocycles. The Morgan fingerprint density at radius 3 is 2.25 bits per heavy atom. The maximum atomic E-state index is 13.8. The highest BCUT2D eigenvalue weighted by molar-refractivity contribution is 7.13. The first-order valence-electron chi connectivity index (χ1n) is 15.5. The van der Waals surface area contributed by atoms with Crippen molar-refractivity contribution < 1.29 is 33.7 Å². The number of carbonyl (C=O) groups is 3. The second-order valence-corrected chi connectivity index (χ2v) is 13.2. The van der Waals surface area contributed by atoms with Gasteiger partial charge in [-0.2, -0.15) is 0 Å². The van der Waals surface area contributed by atoms with Gasteiger partial charge in [0.05, 0.1) is 67.9 Å². The van der Waals surface area contributed by atoms with Crippen molar-refractivity contribution >= 4 is 28.8 Å². The molecule has 1 saturated heterocycles. The smallest absolute Gasteiger partial charge is 0.227 e. The molecule has 3 rings (SSSR count). The summed E-state index contributed by atoms with van der Waals surface area (Å²) >= 11 is 1.60. The second kappa shape index (κ2) is 17.8. The summed E-state index contributed by atoms with van der Waals surface area (Å²) in [5, 5.41) is 10.5. The number of carbonyl (C=O) groups excluding carboxylic acids is 3. The van der Waals surface area contributed by atoms with Crippen molar-refractivity contribution in [3.05, 3.63) is 41.0 Å². The minimum Gasteiger partial charge on any atom is -0.391 e. The van der Waals surface area contributed by atoms with Gasteiger partial charge in [0.2, 0.25) is 5.91 Å². The van der Waals surface area contributed by atoms with Crippen LogP contribution in [0.5, 0.6) is 0 Å². The van der Waals surface area contributed by atoms with Crippen LogP contribution in [0.4, 0.5) is 0 Å². The third-order valence-electron chi connectivity index (χ3n) is 7.86. The lowest BCUT2D eigenvalue weighted by Gasteiger charge is -2.34. The van der Waals surface area contributed by atoms with E-state index in [2.05, 4.69) is 4.98 Å². The van der Waals surface area contributed by atoms with Gasteiger partial charge in [-0.3, -0.25) is 14.4 Å². The van der Waals surface area contributed by atoms with Crippen molar-refractivity contribution in [2.45, 2.75) is 71.9 Å². The third kappa shape index (κ3) is 11.1. The third-order valence-corrected chi connectivity index (χ3v) is 8.84. The van der Waals surface area contributed by atoms with E-state index in [4.69, 9.17) is 19.9 Å². The molecule has 3 atom stereocenters. The fourth-order valence-corrected chi connectivity index (χ4v) is 6.12. The number of ketones is 2. The molecule has 11 heteroatoms. The number of β-amino-alcohol motifs (C(OH)–C–C–N with tert-alkyl or cyclic N) is 1. The van der Waals surface area contributed by atoms with E-state index in [0.717, 1.165) is 21.7 Å². The lowest BCUT2D eigenvalue weighted by atomic mass is 9.76. The zero-order chi connectivity index (χ0) is 32.1. The Balaban J connectivity index is 1.49. The number of aliphatic hydroxyl groups excluding tert-OH is 1. The lowest BCUT2D eigenvalue weighted by Crippen LogP contribution is -2.47. The molecule has 0 radical (unpaired) electrons. The van der Waals surface area contributed by atoms with Gasteiger partial charge in [-0.25, -0.2) is 4.98 Å². The van der Waals surface area contributed by atoms with Gasteiger partial charge in [-0.15, -0.1) is 11.3 Å². The summed E-state index contributed by atoms with van der Waals surface area (Å²) in [6.45, 7) is 10.8. The van der Waals surface area contributed by atoms with Crippen LogP contribution >= 0.6 is 11.3 Å². The van der Waals surface area contributed by atoms with Gasteiger partial charge >= 0.3 is 0 Å². The molecule has 1 fully saturated rings. The van der Waals surface area contributed by atoms with Crippen LogP contribution in [-0.4, -0.2) is 97.3 Å². The second-order valence-electron chi connectivity index (χ2n) is 12.4. The first-order chi connectivity index (χ1) is 21.0. The Labute approximate surface area is 265 Å². The van der Waals surface area contributed by atoms with E-state index in [1.165, 1.54) is 4.90 Å². The fraction of sp³-hybridized carbons (Fsp3) is 0.636. The molecule has 44 heavy (non-hydrogen) atoms. The number of aliphatic hydroxyl groups is 1. The molecular weight excluding hydrogens is 582 g/mol. The van der Waals surface area contributed by atoms with Crippen LogP contribution in [0, 0.1) is 18.3 Å². The van der Waals surface area contributed by atoms with Crippen molar-refractivity contribution in [2.75, 3.05) is 52.7 Å². The number of Topliss-reactive ketones (excluding diaryl/α,β-unsaturated/α-hetero) is 2. The van der Waals surface area contributed by atoms with Crippen LogP contribution < -0.4 is 5.73 Å². The molecule has 2 aromatic rings. The number of thiazole rings is 1. The summed E-state index contributed by atoms with van der Waals surface area (Å²) in [4.78, 5) is 47.0. The molecule has 0 spiro atoms. The maximum absolute atomic E-state index is 13.8. The molecule has 0 bridgehead atoms. The normalized spacial score (nSPS) is 17.6. The number of benzene rings is 1. The number of nitrogens with two attached hydrogens (primary N) is 1. The summed E-state index contributed by atoms with van der Waals surface area (Å²) in [6.07, 6.45) is 0.499. The average Bonchev–Trinajstić information content (AvgIpc) is 3.60. The molecule has 1 aliphatic heterocycles. The van der Waals surface area contributed by atoms with Crippen LogP contribution in [0.2, 0.25) is 0 Å². The Morgan fingerprint density at radius 1 is 1.02 bits per heavy atom. The van der Waals surface area contributed by atoms with Crippen LogP contribution in [0.25, 0.3) is 10.4 Å². The predicted octanol–water partition coefficient (Wildman–Crippen LogP) is 3.60. The summed E-state index contributed by atoms with van der Waals surface area (Å²) in [7, 11) is 0. The van der Waals surface area contributed by atoms with Gasteiger partial charge in [0.15, 0.2) is 5.78 Å². The van der Waals surface area contributed by atoms with E-state index in [9.17, 15) is 19.5 Å². The molecule has 1 aliphatic rings. The van der Waals surface area contributed by atoms with Crippen LogP contribution in [0.3, 0.4) is 0 Å². The summed E-state index contributed by atoms with van der Waals surface area (Å²) in [5.41, 5.74) is 9.81. The number of hydrogen-bond donors (Lipinski definition) is 2. The van der Waals surface area contributed by atoms with E-state index < -0.39 is 23.5 Å². The van der Waals surface area contributed by atoms with Gasteiger partial charge in [0, 0.05) is 44.7 Å². The Kier molecular flexibility index (Phi) is 14.6. The van der Waals surface area contributed by atoms with Gasteiger partial charge in [0.1, 0.15) is 5.78 Å². The topological polar surface area (TPSA) is 141 Å². The quantitative estimate of drug-likeness (QED) is 0.223. The highest BCUT2D eigenvalue weighted by Crippen LogP contribution is 2.34. The van der Waals surface area contributed by atoms with E-state index in [1.807, 2.05) is 57.5 Å². The first-order valence-corrected chi connectivity index (χ1v) is 16.3. The molecule has 1 amide bonds. The average molecular weight is 632 g/mol. The number of aryl methyl sites for hydroxylation is 2. The molecule has 0 unspecified atom stereocenters. The van der Waals surface area contributed by atoms with Crippen molar-refractivity contribution in [3.63, 3.8) is 0 Å². The molecule has 3 N–H and O–H groups in total. The summed E-state index contributed by atoms with van der Waals surface area (Å²) in [6, 6.07) is 7.43. The summed E-state index contributed by atoms with van der Waals surface area (Å²) in [5.74, 6) is -1.02. The molecule has 1 aromatic heterocycles. The van der Waals surface area contributed by atoms with E-state index in [0.29, 0.717) is 46.0 Å². The Morgan fingerprint density at radius 2 is 1.66 bits per heavy atom. The highest BCUT2D eigenvalue weighted by Gasteiger charge is 2.44. The number of likely N-dealkylation sites (tertiary alicyclic amines) is 1. The van der Waals surface area contributed by atoms with Crippen molar-refractivity contribution in [2.24, 2.45) is 17.1 Å². The zero-order valence-corrected chi connectivity index (χ0v) is 27.4. The molecule has 0 aliphatic carbocycles. The number of hydrogen-bond acceptors (Lipinski definition) is 10. The Hall–Kier alpha value is -2.54. The summed E-state index contributed by atoms with van der Waals surface area (Å²) < 4.78 is 16.2. The number of ether oxygens (including phenoxy) is 3. The first kappa shape index (κ1) is 35.9. The van der Waals surface area contributed by atoms with Gasteiger partial charge in [0.25, 0.3) is 0 Å². The van der Waals surface area contributed by atoms with Crippen LogP contribution in [0.1, 0.15) is 57.7 Å². The number of amides is 1. The van der Waals surface area contributed by atoms with Crippen molar-refractivity contribution in [1.82, 2.24) is 9.88 Å². The number of rotatable bonds is 19. The van der Waals surface area contributed by atoms with E-state index >= 15 is 0 Å². The maximum Gasteiger partial charge on any atom is 0.227 e.